The molecule has 1 amide bonds. The van der Waals surface area contributed by atoms with Gasteiger partial charge in [0.2, 0.25) is 11.8 Å². The fourth-order valence-electron chi connectivity index (χ4n) is 3.78. The molecule has 1 fully saturated rings. The minimum Gasteiger partial charge on any atom is -0.382 e. The third-order valence-corrected chi connectivity index (χ3v) is 5.35. The zero-order chi connectivity index (χ0) is 21.9. The SMILES string of the molecule is CN(N)/N=C(\N)c1ccc(C(C(=O)Nc2cccc(Cl)c2)C2CCC(F)(F)C2)cc1. The number of nitrogens with zero attached hydrogens (tertiary/aromatic N) is 2. The van der Waals surface area contributed by atoms with E-state index in [-0.39, 0.29) is 31.0 Å². The number of benzene rings is 2. The Balaban J connectivity index is 1.89. The number of rotatable bonds is 6. The Morgan fingerprint density at radius 2 is 2.00 bits per heavy atom. The molecule has 1 aliphatic carbocycles. The van der Waals surface area contributed by atoms with E-state index >= 15 is 0 Å². The number of anilines is 1. The Hall–Kier alpha value is -2.71. The first-order chi connectivity index (χ1) is 14.1. The topological polar surface area (TPSA) is 96.7 Å². The van der Waals surface area contributed by atoms with Crippen molar-refractivity contribution < 1.29 is 13.6 Å². The molecule has 0 heterocycles. The van der Waals surface area contributed by atoms with Crippen molar-refractivity contribution in [2.75, 3.05) is 12.4 Å². The van der Waals surface area contributed by atoms with Crippen molar-refractivity contribution in [3.8, 4) is 0 Å². The number of hydrazine groups is 1. The summed E-state index contributed by atoms with van der Waals surface area (Å²) in [6.07, 6.45) is -0.285. The molecule has 2 atom stereocenters. The maximum atomic E-state index is 13.9. The molecular formula is C21H24ClF2N5O. The molecule has 1 saturated carbocycles. The number of hydrogen-bond donors (Lipinski definition) is 3. The lowest BCUT2D eigenvalue weighted by atomic mass is 9.83. The van der Waals surface area contributed by atoms with Gasteiger partial charge in [0.05, 0.1) is 5.92 Å². The summed E-state index contributed by atoms with van der Waals surface area (Å²) in [6.45, 7) is 0. The van der Waals surface area contributed by atoms with Gasteiger partial charge < -0.3 is 11.1 Å². The average Bonchev–Trinajstić information content (AvgIpc) is 3.01. The van der Waals surface area contributed by atoms with Crippen LogP contribution >= 0.6 is 11.6 Å². The van der Waals surface area contributed by atoms with Crippen LogP contribution in [0.5, 0.6) is 0 Å². The van der Waals surface area contributed by atoms with Crippen LogP contribution in [-0.2, 0) is 4.79 Å². The van der Waals surface area contributed by atoms with Gasteiger partial charge in [-0.15, -0.1) is 5.10 Å². The number of amides is 1. The summed E-state index contributed by atoms with van der Waals surface area (Å²) in [5.74, 6) is 1.35. The predicted octanol–water partition coefficient (Wildman–Crippen LogP) is 3.92. The van der Waals surface area contributed by atoms with Crippen LogP contribution in [0.2, 0.25) is 5.02 Å². The first kappa shape index (κ1) is 22.0. The van der Waals surface area contributed by atoms with Crippen LogP contribution in [0, 0.1) is 5.92 Å². The number of alkyl halides is 2. The Labute approximate surface area is 178 Å². The molecule has 0 radical (unpaired) electrons. The van der Waals surface area contributed by atoms with E-state index in [1.165, 1.54) is 7.05 Å². The number of halogens is 3. The normalized spacial score (nSPS) is 19.4. The lowest BCUT2D eigenvalue weighted by molar-refractivity contribution is -0.118. The van der Waals surface area contributed by atoms with Gasteiger partial charge in [0.15, 0.2) is 5.84 Å². The second kappa shape index (κ2) is 8.97. The Morgan fingerprint density at radius 1 is 1.30 bits per heavy atom. The number of hydrogen-bond acceptors (Lipinski definition) is 4. The van der Waals surface area contributed by atoms with Crippen LogP contribution in [0.4, 0.5) is 14.5 Å². The standard InChI is InChI=1S/C21H24ClF2N5O/c1-29(26)28-19(25)14-7-5-13(6-8-14)18(15-9-10-21(23,24)12-15)20(30)27-17-4-2-3-16(22)11-17/h2-8,11,15,18H,9-10,12,26H2,1H3,(H2,25,28)(H,27,30). The van der Waals surface area contributed by atoms with Crippen molar-refractivity contribution in [1.82, 2.24) is 5.12 Å². The van der Waals surface area contributed by atoms with E-state index in [2.05, 4.69) is 10.4 Å². The highest BCUT2D eigenvalue weighted by Gasteiger charge is 2.45. The molecule has 0 aromatic heterocycles. The number of nitrogens with one attached hydrogen (secondary N) is 1. The predicted molar refractivity (Wildman–Crippen MR) is 114 cm³/mol. The van der Waals surface area contributed by atoms with Gasteiger partial charge >= 0.3 is 0 Å². The van der Waals surface area contributed by atoms with Gasteiger partial charge in [-0.3, -0.25) is 4.79 Å². The molecule has 160 valence electrons. The van der Waals surface area contributed by atoms with Gasteiger partial charge in [0.25, 0.3) is 0 Å². The summed E-state index contributed by atoms with van der Waals surface area (Å²) in [7, 11) is 1.54. The molecule has 0 aliphatic heterocycles. The first-order valence-corrected chi connectivity index (χ1v) is 9.89. The zero-order valence-corrected chi connectivity index (χ0v) is 17.2. The molecule has 2 aromatic rings. The Morgan fingerprint density at radius 3 is 2.57 bits per heavy atom. The van der Waals surface area contributed by atoms with E-state index < -0.39 is 17.8 Å². The highest BCUT2D eigenvalue weighted by atomic mass is 35.5. The highest BCUT2D eigenvalue weighted by Crippen LogP contribution is 2.45. The monoisotopic (exact) mass is 435 g/mol. The van der Waals surface area contributed by atoms with E-state index in [1.54, 1.807) is 48.5 Å². The number of amidine groups is 1. The molecule has 5 N–H and O–H groups in total. The summed E-state index contributed by atoms with van der Waals surface area (Å²) in [5, 5.41) is 8.30. The van der Waals surface area contributed by atoms with E-state index in [0.29, 0.717) is 21.8 Å². The minimum atomic E-state index is -2.76. The molecule has 2 aromatic carbocycles. The van der Waals surface area contributed by atoms with Gasteiger partial charge in [-0.05, 0) is 36.1 Å². The van der Waals surface area contributed by atoms with E-state index in [0.717, 1.165) is 5.12 Å². The van der Waals surface area contributed by atoms with Crippen LogP contribution in [-0.4, -0.2) is 29.8 Å². The summed E-state index contributed by atoms with van der Waals surface area (Å²) < 4.78 is 27.8. The Kier molecular flexibility index (Phi) is 6.58. The summed E-state index contributed by atoms with van der Waals surface area (Å²) in [6, 6.07) is 13.5. The second-order valence-electron chi connectivity index (χ2n) is 7.52. The second-order valence-corrected chi connectivity index (χ2v) is 7.95. The molecule has 2 unspecified atom stereocenters. The average molecular weight is 436 g/mol. The molecule has 0 spiro atoms. The van der Waals surface area contributed by atoms with Crippen LogP contribution in [0.1, 0.15) is 36.3 Å². The summed E-state index contributed by atoms with van der Waals surface area (Å²) in [5.41, 5.74) is 7.66. The van der Waals surface area contributed by atoms with Crippen molar-refractivity contribution in [2.24, 2.45) is 22.6 Å². The highest BCUT2D eigenvalue weighted by molar-refractivity contribution is 6.30. The number of hydrazone groups is 1. The number of carbonyl (C=O) groups excluding carboxylic acids is 1. The minimum absolute atomic E-state index is 0.207. The van der Waals surface area contributed by atoms with Gasteiger partial charge in [0.1, 0.15) is 0 Å². The van der Waals surface area contributed by atoms with Crippen LogP contribution in [0.3, 0.4) is 0 Å². The van der Waals surface area contributed by atoms with Crippen molar-refractivity contribution >= 4 is 29.0 Å². The zero-order valence-electron chi connectivity index (χ0n) is 16.5. The molecule has 6 nitrogen and oxygen atoms in total. The van der Waals surface area contributed by atoms with E-state index in [9.17, 15) is 13.6 Å². The van der Waals surface area contributed by atoms with Crippen molar-refractivity contribution in [3.63, 3.8) is 0 Å². The van der Waals surface area contributed by atoms with Crippen LogP contribution in [0.25, 0.3) is 0 Å². The largest absolute Gasteiger partial charge is 0.382 e. The van der Waals surface area contributed by atoms with Crippen molar-refractivity contribution in [2.45, 2.75) is 31.1 Å². The third kappa shape index (κ3) is 5.46. The van der Waals surface area contributed by atoms with Crippen molar-refractivity contribution in [1.29, 1.82) is 0 Å². The molecule has 3 rings (SSSR count). The smallest absolute Gasteiger partial charge is 0.248 e. The lowest BCUT2D eigenvalue weighted by Gasteiger charge is -2.24. The van der Waals surface area contributed by atoms with Crippen molar-refractivity contribution in [3.05, 3.63) is 64.7 Å². The van der Waals surface area contributed by atoms with Gasteiger partial charge in [0, 0.05) is 36.2 Å². The van der Waals surface area contributed by atoms with Gasteiger partial charge in [-0.25, -0.2) is 19.7 Å². The molecular weight excluding hydrogens is 412 g/mol. The van der Waals surface area contributed by atoms with E-state index in [1.807, 2.05) is 0 Å². The number of nitrogens with two attached hydrogens (primary N) is 2. The first-order valence-electron chi connectivity index (χ1n) is 9.52. The van der Waals surface area contributed by atoms with Crippen LogP contribution < -0.4 is 16.9 Å². The molecule has 30 heavy (non-hydrogen) atoms. The van der Waals surface area contributed by atoms with Crippen LogP contribution in [0.15, 0.2) is 53.6 Å². The molecule has 9 heteroatoms. The molecule has 1 aliphatic rings. The Bertz CT molecular complexity index is 933. The third-order valence-electron chi connectivity index (χ3n) is 5.12. The fourth-order valence-corrected chi connectivity index (χ4v) is 3.97. The molecule has 0 saturated heterocycles. The maximum absolute atomic E-state index is 13.9. The fraction of sp³-hybridized carbons (Fsp3) is 0.333. The summed E-state index contributed by atoms with van der Waals surface area (Å²) >= 11 is 5.99. The maximum Gasteiger partial charge on any atom is 0.248 e. The summed E-state index contributed by atoms with van der Waals surface area (Å²) in [4.78, 5) is 13.1. The lowest BCUT2D eigenvalue weighted by Crippen LogP contribution is -2.28. The number of carbonyl (C=O) groups is 1. The van der Waals surface area contributed by atoms with Gasteiger partial charge in [-0.2, -0.15) is 0 Å². The van der Waals surface area contributed by atoms with E-state index in [4.69, 9.17) is 23.2 Å². The quantitative estimate of drug-likeness (QED) is 0.277. The molecule has 0 bridgehead atoms. The van der Waals surface area contributed by atoms with Gasteiger partial charge in [-0.1, -0.05) is 41.9 Å².